The Morgan fingerprint density at radius 1 is 1.00 bits per heavy atom. The maximum atomic E-state index is 10.5. The van der Waals surface area contributed by atoms with E-state index in [4.69, 9.17) is 9.47 Å². The van der Waals surface area contributed by atoms with E-state index in [-0.39, 0.29) is 0 Å². The van der Waals surface area contributed by atoms with Gasteiger partial charge in [0.15, 0.2) is 12.5 Å². The van der Waals surface area contributed by atoms with Gasteiger partial charge in [0.25, 0.3) is 0 Å². The summed E-state index contributed by atoms with van der Waals surface area (Å²) in [4.78, 5) is 20.9. The van der Waals surface area contributed by atoms with Gasteiger partial charge in [0.1, 0.15) is 0 Å². The van der Waals surface area contributed by atoms with E-state index in [0.717, 1.165) is 0 Å². The average molecular weight is 188 g/mol. The molecule has 0 bridgehead atoms. The Labute approximate surface area is 77.4 Å². The number of hydrogen-bond donors (Lipinski definition) is 0. The second-order valence-electron chi connectivity index (χ2n) is 2.57. The monoisotopic (exact) mass is 188 g/mol. The highest BCUT2D eigenvalue weighted by atomic mass is 16.6. The maximum absolute atomic E-state index is 10.5. The van der Waals surface area contributed by atoms with Gasteiger partial charge in [-0.1, -0.05) is 0 Å². The fraction of sp³-hybridized carbons (Fsp3) is 0.750. The molecule has 0 saturated carbocycles. The third kappa shape index (κ3) is 7.27. The van der Waals surface area contributed by atoms with Crippen LogP contribution in [0.1, 0.15) is 27.7 Å². The first-order valence-corrected chi connectivity index (χ1v) is 3.96. The van der Waals surface area contributed by atoms with Gasteiger partial charge >= 0.3 is 11.9 Å². The summed E-state index contributed by atoms with van der Waals surface area (Å²) >= 11 is 0. The molecule has 0 heterocycles. The van der Waals surface area contributed by atoms with Crippen LogP contribution in [-0.4, -0.2) is 24.4 Å². The van der Waals surface area contributed by atoms with E-state index in [2.05, 4.69) is 5.32 Å². The lowest BCUT2D eigenvalue weighted by molar-refractivity contribution is -0.154. The number of hydrogen-bond acceptors (Lipinski definition) is 4. The van der Waals surface area contributed by atoms with E-state index in [1.807, 2.05) is 0 Å². The topological polar surface area (TPSA) is 66.7 Å². The molecule has 5 heteroatoms. The molecule has 0 aliphatic carbocycles. The van der Waals surface area contributed by atoms with Gasteiger partial charge in [-0.2, -0.15) is 5.32 Å². The van der Waals surface area contributed by atoms with Gasteiger partial charge in [-0.15, -0.1) is 0 Å². The van der Waals surface area contributed by atoms with E-state index in [1.165, 1.54) is 13.8 Å². The van der Waals surface area contributed by atoms with Crippen molar-refractivity contribution in [2.24, 2.45) is 0 Å². The second-order valence-corrected chi connectivity index (χ2v) is 2.57. The molecule has 0 fully saturated rings. The Bertz CT molecular complexity index is 173. The molecule has 75 valence electrons. The fourth-order valence-corrected chi connectivity index (χ4v) is 0.837. The van der Waals surface area contributed by atoms with Gasteiger partial charge in [-0.05, 0) is 13.8 Å². The zero-order chi connectivity index (χ0) is 10.4. The standard InChI is InChI=1S/C8H14NO4/c1-5(12-7(3)10)9-6(2)13-8(4)11/h5-6H,1-4H3. The summed E-state index contributed by atoms with van der Waals surface area (Å²) in [6.45, 7) is 5.79. The summed E-state index contributed by atoms with van der Waals surface area (Å²) < 4.78 is 9.41. The van der Waals surface area contributed by atoms with Crippen LogP contribution in [-0.2, 0) is 19.1 Å². The van der Waals surface area contributed by atoms with Crippen LogP contribution in [0.4, 0.5) is 0 Å². The first-order valence-electron chi connectivity index (χ1n) is 3.96. The van der Waals surface area contributed by atoms with Crippen molar-refractivity contribution < 1.29 is 19.1 Å². The summed E-state index contributed by atoms with van der Waals surface area (Å²) in [5.41, 5.74) is 0. The number of ether oxygens (including phenoxy) is 2. The molecule has 0 aromatic carbocycles. The highest BCUT2D eigenvalue weighted by Crippen LogP contribution is 1.95. The van der Waals surface area contributed by atoms with Crippen LogP contribution in [0.15, 0.2) is 0 Å². The van der Waals surface area contributed by atoms with Gasteiger partial charge in [0.05, 0.1) is 0 Å². The van der Waals surface area contributed by atoms with E-state index in [1.54, 1.807) is 13.8 Å². The molecule has 2 unspecified atom stereocenters. The van der Waals surface area contributed by atoms with Crippen molar-refractivity contribution in [3.05, 3.63) is 0 Å². The van der Waals surface area contributed by atoms with Gasteiger partial charge in [-0.3, -0.25) is 9.59 Å². The molecular formula is C8H14NO4. The zero-order valence-corrected chi connectivity index (χ0v) is 8.23. The van der Waals surface area contributed by atoms with Gasteiger partial charge < -0.3 is 9.47 Å². The summed E-state index contributed by atoms with van der Waals surface area (Å²) in [5.74, 6) is -0.822. The molecule has 0 rings (SSSR count). The minimum absolute atomic E-state index is 0.411. The molecule has 5 nitrogen and oxygen atoms in total. The first-order chi connectivity index (χ1) is 5.91. The molecule has 0 aliphatic heterocycles. The largest absolute Gasteiger partial charge is 0.445 e. The minimum Gasteiger partial charge on any atom is -0.445 e. The quantitative estimate of drug-likeness (QED) is 0.599. The summed E-state index contributed by atoms with van der Waals surface area (Å²) in [7, 11) is 0. The molecule has 0 aromatic rings. The van der Waals surface area contributed by atoms with Crippen molar-refractivity contribution in [2.75, 3.05) is 0 Å². The Balaban J connectivity index is 3.70. The third-order valence-electron chi connectivity index (χ3n) is 1.09. The number of rotatable bonds is 4. The average Bonchev–Trinajstić information content (AvgIpc) is 1.80. The van der Waals surface area contributed by atoms with Crippen molar-refractivity contribution in [1.82, 2.24) is 5.32 Å². The lowest BCUT2D eigenvalue weighted by Gasteiger charge is -2.16. The van der Waals surface area contributed by atoms with Crippen molar-refractivity contribution in [1.29, 1.82) is 0 Å². The Morgan fingerprint density at radius 3 is 1.54 bits per heavy atom. The smallest absolute Gasteiger partial charge is 0.304 e. The molecule has 2 atom stereocenters. The van der Waals surface area contributed by atoms with Gasteiger partial charge in [0, 0.05) is 13.8 Å². The van der Waals surface area contributed by atoms with Crippen molar-refractivity contribution >= 4 is 11.9 Å². The molecule has 0 saturated heterocycles. The predicted molar refractivity (Wildman–Crippen MR) is 44.6 cm³/mol. The molecule has 0 spiro atoms. The van der Waals surface area contributed by atoms with Crippen molar-refractivity contribution in [2.45, 2.75) is 40.2 Å². The normalized spacial score (nSPS) is 14.5. The molecule has 0 amide bonds. The lowest BCUT2D eigenvalue weighted by atomic mass is 10.5. The second kappa shape index (κ2) is 5.53. The SMILES string of the molecule is CC(=O)OC(C)[N]C(C)OC(C)=O. The summed E-state index contributed by atoms with van der Waals surface area (Å²) in [5, 5.41) is 3.87. The van der Waals surface area contributed by atoms with Crippen LogP contribution in [0, 0.1) is 0 Å². The van der Waals surface area contributed by atoms with Crippen LogP contribution in [0.2, 0.25) is 0 Å². The molecule has 0 aliphatic rings. The van der Waals surface area contributed by atoms with Crippen molar-refractivity contribution in [3.63, 3.8) is 0 Å². The molecule has 1 radical (unpaired) electrons. The Morgan fingerprint density at radius 2 is 1.31 bits per heavy atom. The highest BCUT2D eigenvalue weighted by molar-refractivity contribution is 5.66. The van der Waals surface area contributed by atoms with Crippen LogP contribution in [0.25, 0.3) is 0 Å². The van der Waals surface area contributed by atoms with Gasteiger partial charge in [0.2, 0.25) is 0 Å². The van der Waals surface area contributed by atoms with E-state index in [9.17, 15) is 9.59 Å². The van der Waals surface area contributed by atoms with Crippen LogP contribution < -0.4 is 5.32 Å². The highest BCUT2D eigenvalue weighted by Gasteiger charge is 2.12. The van der Waals surface area contributed by atoms with E-state index >= 15 is 0 Å². The van der Waals surface area contributed by atoms with Crippen molar-refractivity contribution in [3.8, 4) is 0 Å². The summed E-state index contributed by atoms with van der Waals surface area (Å²) in [6, 6.07) is 0. The Hall–Kier alpha value is -1.10. The molecule has 0 aromatic heterocycles. The predicted octanol–water partition coefficient (Wildman–Crippen LogP) is 0.409. The van der Waals surface area contributed by atoms with Crippen LogP contribution in [0.5, 0.6) is 0 Å². The van der Waals surface area contributed by atoms with Crippen LogP contribution in [0.3, 0.4) is 0 Å². The number of carbonyl (C=O) groups excluding carboxylic acids is 2. The number of nitrogens with zero attached hydrogens (tertiary/aromatic N) is 1. The number of esters is 2. The molecule has 13 heavy (non-hydrogen) atoms. The summed E-state index contributed by atoms with van der Waals surface area (Å²) in [6.07, 6.45) is -1.18. The van der Waals surface area contributed by atoms with Gasteiger partial charge in [-0.25, -0.2) is 0 Å². The maximum Gasteiger partial charge on any atom is 0.304 e. The number of carbonyl (C=O) groups is 2. The minimum atomic E-state index is -0.591. The fourth-order valence-electron chi connectivity index (χ4n) is 0.837. The zero-order valence-electron chi connectivity index (χ0n) is 8.23. The molecular weight excluding hydrogens is 174 g/mol. The first kappa shape index (κ1) is 11.9. The van der Waals surface area contributed by atoms with E-state index in [0.29, 0.717) is 0 Å². The third-order valence-corrected chi connectivity index (χ3v) is 1.09. The lowest BCUT2D eigenvalue weighted by Crippen LogP contribution is -2.33. The van der Waals surface area contributed by atoms with E-state index < -0.39 is 24.4 Å². The Kier molecular flexibility index (Phi) is 5.06. The molecule has 0 N–H and O–H groups in total. The van der Waals surface area contributed by atoms with Crippen LogP contribution >= 0.6 is 0 Å².